The Kier molecular flexibility index (Phi) is 14.4. The molecular weight excluding hydrogens is 344 g/mol. The van der Waals surface area contributed by atoms with Crippen molar-refractivity contribution < 1.29 is 4.79 Å². The lowest BCUT2D eigenvalue weighted by molar-refractivity contribution is -0.115. The Balaban J connectivity index is 2.57. The van der Waals surface area contributed by atoms with Crippen LogP contribution >= 0.6 is 0 Å². The molecule has 160 valence electrons. The first-order chi connectivity index (χ1) is 13.7. The second kappa shape index (κ2) is 16.4. The van der Waals surface area contributed by atoms with Gasteiger partial charge in [-0.05, 0) is 31.0 Å². The summed E-state index contributed by atoms with van der Waals surface area (Å²) in [7, 11) is 0. The lowest BCUT2D eigenvalue weighted by Gasteiger charge is -2.25. The van der Waals surface area contributed by atoms with Gasteiger partial charge in [-0.2, -0.15) is 0 Å². The number of anilines is 2. The van der Waals surface area contributed by atoms with Gasteiger partial charge in [-0.3, -0.25) is 4.79 Å². The maximum atomic E-state index is 11.7. The third-order valence-corrected chi connectivity index (χ3v) is 5.38. The second-order valence-corrected chi connectivity index (χ2v) is 7.97. The molecule has 3 heteroatoms. The number of hydrogen-bond acceptors (Lipinski definition) is 2. The van der Waals surface area contributed by atoms with Crippen molar-refractivity contribution in [3.05, 3.63) is 24.3 Å². The highest BCUT2D eigenvalue weighted by Crippen LogP contribution is 2.22. The van der Waals surface area contributed by atoms with E-state index < -0.39 is 0 Å². The van der Waals surface area contributed by atoms with Crippen LogP contribution in [0.2, 0.25) is 0 Å². The number of carbonyl (C=O) groups excluding carboxylic acids is 1. The van der Waals surface area contributed by atoms with Crippen LogP contribution in [-0.2, 0) is 4.79 Å². The molecule has 0 aromatic heterocycles. The minimum atomic E-state index is 0.0792. The van der Waals surface area contributed by atoms with Gasteiger partial charge in [0.2, 0.25) is 5.91 Å². The summed E-state index contributed by atoms with van der Waals surface area (Å²) in [6, 6.07) is 8.39. The average molecular weight is 389 g/mol. The van der Waals surface area contributed by atoms with Gasteiger partial charge in [0.15, 0.2) is 0 Å². The van der Waals surface area contributed by atoms with Crippen molar-refractivity contribution in [2.24, 2.45) is 0 Å². The number of amides is 1. The van der Waals surface area contributed by atoms with Crippen LogP contribution in [0, 0.1) is 0 Å². The van der Waals surface area contributed by atoms with E-state index in [1.165, 1.54) is 82.7 Å². The second-order valence-electron chi connectivity index (χ2n) is 7.97. The zero-order valence-corrected chi connectivity index (χ0v) is 18.8. The number of benzene rings is 1. The highest BCUT2D eigenvalue weighted by Gasteiger charge is 2.08. The fraction of sp³-hybridized carbons (Fsp3) is 0.720. The molecule has 0 unspecified atom stereocenters. The Hall–Kier alpha value is -1.51. The van der Waals surface area contributed by atoms with Crippen molar-refractivity contribution in [3.8, 4) is 0 Å². The number of rotatable bonds is 17. The first kappa shape index (κ1) is 24.5. The van der Waals surface area contributed by atoms with Crippen molar-refractivity contribution in [1.82, 2.24) is 0 Å². The van der Waals surface area contributed by atoms with Crippen LogP contribution in [0.1, 0.15) is 104 Å². The van der Waals surface area contributed by atoms with Crippen molar-refractivity contribution in [1.29, 1.82) is 0 Å². The van der Waals surface area contributed by atoms with Crippen LogP contribution in [0.15, 0.2) is 24.3 Å². The van der Waals surface area contributed by atoms with Gasteiger partial charge in [-0.25, -0.2) is 0 Å². The SMILES string of the molecule is CCCCCCCCN(CCCCCCCC)c1cccc(NC(=O)CC)c1. The summed E-state index contributed by atoms with van der Waals surface area (Å²) in [5, 5.41) is 3.00. The average Bonchev–Trinajstić information content (AvgIpc) is 2.71. The largest absolute Gasteiger partial charge is 0.371 e. The van der Waals surface area contributed by atoms with Crippen molar-refractivity contribution in [3.63, 3.8) is 0 Å². The van der Waals surface area contributed by atoms with Gasteiger partial charge < -0.3 is 10.2 Å². The van der Waals surface area contributed by atoms with E-state index in [9.17, 15) is 4.79 Å². The van der Waals surface area contributed by atoms with Gasteiger partial charge in [-0.1, -0.05) is 91.0 Å². The molecule has 1 N–H and O–H groups in total. The lowest BCUT2D eigenvalue weighted by Crippen LogP contribution is -2.26. The maximum Gasteiger partial charge on any atom is 0.224 e. The summed E-state index contributed by atoms with van der Waals surface area (Å²) in [6.45, 7) is 8.67. The highest BCUT2D eigenvalue weighted by atomic mass is 16.1. The summed E-state index contributed by atoms with van der Waals surface area (Å²) in [5.74, 6) is 0.0792. The molecule has 28 heavy (non-hydrogen) atoms. The molecule has 0 aliphatic rings. The van der Waals surface area contributed by atoms with Gasteiger partial charge >= 0.3 is 0 Å². The predicted octanol–water partition coefficient (Wildman–Crippen LogP) is 7.56. The van der Waals surface area contributed by atoms with Gasteiger partial charge in [0.25, 0.3) is 0 Å². The Morgan fingerprint density at radius 3 is 1.86 bits per heavy atom. The van der Waals surface area contributed by atoms with Crippen molar-refractivity contribution >= 4 is 17.3 Å². The topological polar surface area (TPSA) is 32.3 Å². The smallest absolute Gasteiger partial charge is 0.224 e. The van der Waals surface area contributed by atoms with Crippen molar-refractivity contribution in [2.45, 2.75) is 104 Å². The normalized spacial score (nSPS) is 10.8. The van der Waals surface area contributed by atoms with Crippen LogP contribution in [-0.4, -0.2) is 19.0 Å². The molecule has 0 aliphatic carbocycles. The van der Waals surface area contributed by atoms with E-state index in [2.05, 4.69) is 42.3 Å². The summed E-state index contributed by atoms with van der Waals surface area (Å²) < 4.78 is 0. The number of carbonyl (C=O) groups is 1. The minimum absolute atomic E-state index is 0.0792. The number of unbranched alkanes of at least 4 members (excludes halogenated alkanes) is 10. The molecule has 3 nitrogen and oxygen atoms in total. The van der Waals surface area contributed by atoms with Crippen LogP contribution < -0.4 is 10.2 Å². The van der Waals surface area contributed by atoms with Gasteiger partial charge in [0, 0.05) is 30.9 Å². The van der Waals surface area contributed by atoms with Crippen LogP contribution in [0.25, 0.3) is 0 Å². The molecule has 0 saturated heterocycles. The summed E-state index contributed by atoms with van der Waals surface area (Å²) in [6.07, 6.45) is 16.4. The third kappa shape index (κ3) is 11.4. The number of nitrogens with one attached hydrogen (secondary N) is 1. The number of nitrogens with zero attached hydrogens (tertiary/aromatic N) is 1. The Morgan fingerprint density at radius 1 is 0.786 bits per heavy atom. The first-order valence-electron chi connectivity index (χ1n) is 11.9. The van der Waals surface area contributed by atoms with E-state index in [4.69, 9.17) is 0 Å². The highest BCUT2D eigenvalue weighted by molar-refractivity contribution is 5.91. The molecule has 1 aromatic rings. The minimum Gasteiger partial charge on any atom is -0.371 e. The van der Waals surface area contributed by atoms with E-state index >= 15 is 0 Å². The standard InChI is InChI=1S/C25H44N2O/c1-4-7-9-11-13-15-20-27(21-16-14-12-10-8-5-2)24-19-17-18-23(22-24)26-25(28)6-3/h17-19,22H,4-16,20-21H2,1-3H3,(H,26,28). The van der Waals surface area contributed by atoms with Gasteiger partial charge in [0.05, 0.1) is 0 Å². The van der Waals surface area contributed by atoms with E-state index in [1.807, 2.05) is 13.0 Å². The lowest BCUT2D eigenvalue weighted by atomic mass is 10.1. The zero-order valence-electron chi connectivity index (χ0n) is 18.8. The summed E-state index contributed by atoms with van der Waals surface area (Å²) >= 11 is 0. The molecule has 0 saturated carbocycles. The molecule has 0 aliphatic heterocycles. The Bertz CT molecular complexity index is 499. The summed E-state index contributed by atoms with van der Waals surface area (Å²) in [5.41, 5.74) is 2.16. The fourth-order valence-corrected chi connectivity index (χ4v) is 3.57. The molecule has 0 atom stereocenters. The summed E-state index contributed by atoms with van der Waals surface area (Å²) in [4.78, 5) is 14.3. The molecule has 1 aromatic carbocycles. The monoisotopic (exact) mass is 388 g/mol. The quantitative estimate of drug-likeness (QED) is 0.279. The molecule has 0 radical (unpaired) electrons. The molecule has 1 amide bonds. The first-order valence-corrected chi connectivity index (χ1v) is 11.9. The third-order valence-electron chi connectivity index (χ3n) is 5.38. The van der Waals surface area contributed by atoms with Crippen LogP contribution in [0.5, 0.6) is 0 Å². The molecule has 0 heterocycles. The number of hydrogen-bond donors (Lipinski definition) is 1. The molecule has 0 fully saturated rings. The van der Waals surface area contributed by atoms with Crippen LogP contribution in [0.4, 0.5) is 11.4 Å². The van der Waals surface area contributed by atoms with E-state index in [1.54, 1.807) is 0 Å². The predicted molar refractivity (Wildman–Crippen MR) is 124 cm³/mol. The van der Waals surface area contributed by atoms with Crippen molar-refractivity contribution in [2.75, 3.05) is 23.3 Å². The molecule has 1 rings (SSSR count). The van der Waals surface area contributed by atoms with E-state index in [0.29, 0.717) is 6.42 Å². The van der Waals surface area contributed by atoms with E-state index in [0.717, 1.165) is 18.8 Å². The van der Waals surface area contributed by atoms with Gasteiger partial charge in [0.1, 0.15) is 0 Å². The zero-order chi connectivity index (χ0) is 20.5. The molecular formula is C25H44N2O. The Morgan fingerprint density at radius 2 is 1.32 bits per heavy atom. The fourth-order valence-electron chi connectivity index (χ4n) is 3.57. The Labute approximate surface area is 174 Å². The maximum absolute atomic E-state index is 11.7. The van der Waals surface area contributed by atoms with E-state index in [-0.39, 0.29) is 5.91 Å². The molecule has 0 spiro atoms. The molecule has 0 bridgehead atoms. The van der Waals surface area contributed by atoms with Crippen LogP contribution in [0.3, 0.4) is 0 Å². The van der Waals surface area contributed by atoms with Gasteiger partial charge in [-0.15, -0.1) is 0 Å².